The van der Waals surface area contributed by atoms with E-state index in [1.165, 1.54) is 17.0 Å². The molecule has 0 radical (unpaired) electrons. The van der Waals surface area contributed by atoms with Crippen molar-refractivity contribution in [2.24, 2.45) is 5.73 Å². The van der Waals surface area contributed by atoms with Gasteiger partial charge in [-0.2, -0.15) is 0 Å². The normalized spacial score (nSPS) is 10.4. The topological polar surface area (TPSA) is 58.4 Å². The van der Waals surface area contributed by atoms with Crippen LogP contribution < -0.4 is 16.0 Å². The van der Waals surface area contributed by atoms with Crippen molar-refractivity contribution in [2.75, 3.05) is 24.5 Å². The molecule has 0 spiro atoms. The Morgan fingerprint density at radius 3 is 2.53 bits per heavy atom. The first-order chi connectivity index (χ1) is 9.04. The van der Waals surface area contributed by atoms with Gasteiger partial charge in [0.2, 0.25) is 5.91 Å². The quantitative estimate of drug-likeness (QED) is 0.822. The molecule has 0 atom stereocenters. The Kier molecular flexibility index (Phi) is 5.69. The summed E-state index contributed by atoms with van der Waals surface area (Å²) in [7, 11) is 0. The van der Waals surface area contributed by atoms with Crippen LogP contribution in [0.5, 0.6) is 0 Å². The molecule has 0 aliphatic heterocycles. The minimum Gasteiger partial charge on any atom is -0.360 e. The van der Waals surface area contributed by atoms with Crippen molar-refractivity contribution in [1.82, 2.24) is 5.32 Å². The molecular formula is C13H19F2N3O. The van der Waals surface area contributed by atoms with E-state index in [-0.39, 0.29) is 30.2 Å². The van der Waals surface area contributed by atoms with Crippen molar-refractivity contribution >= 4 is 11.6 Å². The second-order valence-electron chi connectivity index (χ2n) is 4.04. The number of amides is 1. The van der Waals surface area contributed by atoms with Crippen molar-refractivity contribution in [1.29, 1.82) is 0 Å². The van der Waals surface area contributed by atoms with Gasteiger partial charge in [-0.1, -0.05) is 6.07 Å². The van der Waals surface area contributed by atoms with Crippen molar-refractivity contribution < 1.29 is 13.6 Å². The zero-order chi connectivity index (χ0) is 14.4. The molecule has 0 unspecified atom stereocenters. The van der Waals surface area contributed by atoms with Crippen molar-refractivity contribution in [3.8, 4) is 0 Å². The Balaban J connectivity index is 2.99. The maximum absolute atomic E-state index is 13.9. The Hall–Kier alpha value is -1.69. The molecule has 0 heterocycles. The van der Waals surface area contributed by atoms with Crippen molar-refractivity contribution in [3.63, 3.8) is 0 Å². The zero-order valence-electron chi connectivity index (χ0n) is 11.2. The highest BCUT2D eigenvalue weighted by molar-refractivity contribution is 5.81. The van der Waals surface area contributed by atoms with Gasteiger partial charge in [-0.05, 0) is 19.9 Å². The van der Waals surface area contributed by atoms with E-state index in [1.807, 2.05) is 0 Å². The number of rotatable bonds is 6. The highest BCUT2D eigenvalue weighted by atomic mass is 19.2. The first kappa shape index (κ1) is 15.4. The number of hydrogen-bond donors (Lipinski definition) is 2. The molecule has 3 N–H and O–H groups in total. The fraction of sp³-hybridized carbons (Fsp3) is 0.462. The van der Waals surface area contributed by atoms with Crippen molar-refractivity contribution in [3.05, 3.63) is 29.3 Å². The highest BCUT2D eigenvalue weighted by Gasteiger charge is 2.18. The molecule has 0 saturated carbocycles. The second-order valence-corrected chi connectivity index (χ2v) is 4.04. The summed E-state index contributed by atoms with van der Waals surface area (Å²) in [4.78, 5) is 13.0. The van der Waals surface area contributed by atoms with Gasteiger partial charge < -0.3 is 16.0 Å². The molecular weight excluding hydrogens is 252 g/mol. The Bertz CT molecular complexity index is 452. The van der Waals surface area contributed by atoms with E-state index in [1.54, 1.807) is 13.8 Å². The van der Waals surface area contributed by atoms with Crippen LogP contribution in [0.3, 0.4) is 0 Å². The van der Waals surface area contributed by atoms with E-state index in [0.29, 0.717) is 13.1 Å². The monoisotopic (exact) mass is 271 g/mol. The third kappa shape index (κ3) is 3.64. The zero-order valence-corrected chi connectivity index (χ0v) is 11.2. The van der Waals surface area contributed by atoms with Crippen LogP contribution >= 0.6 is 0 Å². The second kappa shape index (κ2) is 7.04. The largest absolute Gasteiger partial charge is 0.360 e. The van der Waals surface area contributed by atoms with Crippen LogP contribution in [0.1, 0.15) is 19.4 Å². The van der Waals surface area contributed by atoms with Gasteiger partial charge in [0.05, 0.1) is 12.2 Å². The predicted octanol–water partition coefficient (Wildman–Crippen LogP) is 1.39. The minimum atomic E-state index is -0.964. The lowest BCUT2D eigenvalue weighted by Gasteiger charge is -2.23. The summed E-state index contributed by atoms with van der Waals surface area (Å²) < 4.78 is 27.6. The number of carbonyl (C=O) groups is 1. The van der Waals surface area contributed by atoms with Gasteiger partial charge >= 0.3 is 0 Å². The summed E-state index contributed by atoms with van der Waals surface area (Å²) in [6.45, 7) is 4.39. The summed E-state index contributed by atoms with van der Waals surface area (Å²) in [5.41, 5.74) is 5.51. The summed E-state index contributed by atoms with van der Waals surface area (Å²) in [5, 5.41) is 2.62. The fourth-order valence-corrected chi connectivity index (χ4v) is 1.77. The third-order valence-corrected chi connectivity index (χ3v) is 2.79. The number of nitrogens with one attached hydrogen (secondary N) is 1. The molecule has 4 nitrogen and oxygen atoms in total. The van der Waals surface area contributed by atoms with Crippen LogP contribution in [0.15, 0.2) is 12.1 Å². The van der Waals surface area contributed by atoms with E-state index < -0.39 is 11.6 Å². The number of anilines is 1. The standard InChI is InChI=1S/C13H19F2N3O/c1-3-17-11(19)8-18(4-2)10-6-5-9(7-16)12(14)13(10)15/h5-6H,3-4,7-8,16H2,1-2H3,(H,17,19). The van der Waals surface area contributed by atoms with E-state index >= 15 is 0 Å². The van der Waals surface area contributed by atoms with E-state index in [4.69, 9.17) is 5.73 Å². The van der Waals surface area contributed by atoms with Gasteiger partial charge in [0, 0.05) is 25.2 Å². The molecule has 6 heteroatoms. The van der Waals surface area contributed by atoms with E-state index in [2.05, 4.69) is 5.32 Å². The maximum atomic E-state index is 13.9. The smallest absolute Gasteiger partial charge is 0.239 e. The summed E-state index contributed by atoms with van der Waals surface area (Å²) in [6, 6.07) is 2.89. The van der Waals surface area contributed by atoms with Gasteiger partial charge in [0.15, 0.2) is 11.6 Å². The first-order valence-corrected chi connectivity index (χ1v) is 6.23. The molecule has 106 valence electrons. The van der Waals surface area contributed by atoms with Crippen LogP contribution in [-0.4, -0.2) is 25.5 Å². The molecule has 1 amide bonds. The van der Waals surface area contributed by atoms with Crippen LogP contribution in [0, 0.1) is 11.6 Å². The number of benzene rings is 1. The summed E-state index contributed by atoms with van der Waals surface area (Å²) >= 11 is 0. The Morgan fingerprint density at radius 2 is 2.00 bits per heavy atom. The number of hydrogen-bond acceptors (Lipinski definition) is 3. The lowest BCUT2D eigenvalue weighted by Crippen LogP contribution is -2.37. The minimum absolute atomic E-state index is 0.0112. The van der Waals surface area contributed by atoms with Gasteiger partial charge in [-0.25, -0.2) is 8.78 Å². The van der Waals surface area contributed by atoms with Gasteiger partial charge in [-0.3, -0.25) is 4.79 Å². The highest BCUT2D eigenvalue weighted by Crippen LogP contribution is 2.23. The summed E-state index contributed by atoms with van der Waals surface area (Å²) in [6.07, 6.45) is 0. The molecule has 0 aromatic heterocycles. The van der Waals surface area contributed by atoms with E-state index in [9.17, 15) is 13.6 Å². The Morgan fingerprint density at radius 1 is 1.32 bits per heavy atom. The number of likely N-dealkylation sites (N-methyl/N-ethyl adjacent to an activating group) is 2. The number of carbonyl (C=O) groups excluding carboxylic acids is 1. The SMILES string of the molecule is CCNC(=O)CN(CC)c1ccc(CN)c(F)c1F. The number of nitrogens with two attached hydrogens (primary N) is 1. The molecule has 0 aliphatic carbocycles. The van der Waals surface area contributed by atoms with Crippen LogP contribution in [-0.2, 0) is 11.3 Å². The lowest BCUT2D eigenvalue weighted by molar-refractivity contribution is -0.119. The van der Waals surface area contributed by atoms with Crippen molar-refractivity contribution in [2.45, 2.75) is 20.4 Å². The van der Waals surface area contributed by atoms with Crippen LogP contribution in [0.4, 0.5) is 14.5 Å². The van der Waals surface area contributed by atoms with Gasteiger partial charge in [0.25, 0.3) is 0 Å². The molecule has 1 rings (SSSR count). The van der Waals surface area contributed by atoms with Crippen LogP contribution in [0.25, 0.3) is 0 Å². The number of halogens is 2. The third-order valence-electron chi connectivity index (χ3n) is 2.79. The van der Waals surface area contributed by atoms with Gasteiger partial charge in [0.1, 0.15) is 0 Å². The predicted molar refractivity (Wildman–Crippen MR) is 70.8 cm³/mol. The maximum Gasteiger partial charge on any atom is 0.239 e. The molecule has 0 saturated heterocycles. The van der Waals surface area contributed by atoms with Gasteiger partial charge in [-0.15, -0.1) is 0 Å². The molecule has 1 aromatic carbocycles. The molecule has 0 aliphatic rings. The molecule has 0 bridgehead atoms. The number of nitrogens with zero attached hydrogens (tertiary/aromatic N) is 1. The fourth-order valence-electron chi connectivity index (χ4n) is 1.77. The average molecular weight is 271 g/mol. The average Bonchev–Trinajstić information content (AvgIpc) is 2.40. The van der Waals surface area contributed by atoms with E-state index in [0.717, 1.165) is 0 Å². The molecule has 19 heavy (non-hydrogen) atoms. The Labute approximate surface area is 111 Å². The molecule has 0 fully saturated rings. The van der Waals surface area contributed by atoms with Crippen LogP contribution in [0.2, 0.25) is 0 Å². The lowest BCUT2D eigenvalue weighted by atomic mass is 10.1. The summed E-state index contributed by atoms with van der Waals surface area (Å²) in [5.74, 6) is -2.14. The first-order valence-electron chi connectivity index (χ1n) is 6.23. The molecule has 1 aromatic rings.